The number of nitrogens with one attached hydrogen (secondary N) is 1. The fourth-order valence-corrected chi connectivity index (χ4v) is 2.40. The van der Waals surface area contributed by atoms with E-state index in [2.05, 4.69) is 4.98 Å². The number of aromatic amines is 1. The Labute approximate surface area is 103 Å². The first-order chi connectivity index (χ1) is 7.91. The number of pyridine rings is 1. The summed E-state index contributed by atoms with van der Waals surface area (Å²) in [5.74, 6) is -0.406. The molecule has 0 radical (unpaired) electrons. The minimum absolute atomic E-state index is 0.0881. The van der Waals surface area contributed by atoms with E-state index in [1.54, 1.807) is 0 Å². The van der Waals surface area contributed by atoms with Gasteiger partial charge in [-0.15, -0.1) is 0 Å². The first kappa shape index (κ1) is 12.1. The average Bonchev–Trinajstić information content (AvgIpc) is 2.19. The van der Waals surface area contributed by atoms with Crippen LogP contribution >= 0.6 is 11.6 Å². The number of benzene rings is 1. The quantitative estimate of drug-likeness (QED) is 0.825. The highest BCUT2D eigenvalue weighted by Crippen LogP contribution is 2.24. The first-order valence-corrected chi connectivity index (χ1v) is 5.81. The Morgan fingerprint density at radius 1 is 1.35 bits per heavy atom. The number of H-pyrrole nitrogens is 1. The number of rotatable bonds is 1. The predicted octanol–water partition coefficient (Wildman–Crippen LogP) is 3.75. The fourth-order valence-electron chi connectivity index (χ4n) is 2.15. The van der Waals surface area contributed by atoms with Crippen molar-refractivity contribution in [3.63, 3.8) is 0 Å². The summed E-state index contributed by atoms with van der Waals surface area (Å²) in [5, 5.41) is 0.541. The summed E-state index contributed by atoms with van der Waals surface area (Å²) in [5.41, 5.74) is 1.82. The number of aromatic nitrogens is 1. The van der Waals surface area contributed by atoms with Crippen molar-refractivity contribution in [2.45, 2.75) is 26.7 Å². The van der Waals surface area contributed by atoms with Crippen LogP contribution in [0.25, 0.3) is 10.9 Å². The highest BCUT2D eigenvalue weighted by Gasteiger charge is 2.14. The van der Waals surface area contributed by atoms with E-state index in [9.17, 15) is 9.18 Å². The topological polar surface area (TPSA) is 32.9 Å². The molecule has 2 aromatic rings. The van der Waals surface area contributed by atoms with Crippen LogP contribution in [0.5, 0.6) is 0 Å². The maximum absolute atomic E-state index is 13.3. The molecule has 17 heavy (non-hydrogen) atoms. The molecule has 0 amide bonds. The first-order valence-electron chi connectivity index (χ1n) is 5.43. The van der Waals surface area contributed by atoms with Gasteiger partial charge >= 0.3 is 0 Å². The van der Waals surface area contributed by atoms with Gasteiger partial charge in [-0.2, -0.15) is 0 Å². The number of hydrogen-bond donors (Lipinski definition) is 1. The van der Waals surface area contributed by atoms with Gasteiger partial charge < -0.3 is 4.98 Å². The lowest BCUT2D eigenvalue weighted by Gasteiger charge is -2.11. The van der Waals surface area contributed by atoms with Gasteiger partial charge in [0.25, 0.3) is 0 Å². The van der Waals surface area contributed by atoms with Crippen molar-refractivity contribution in [3.05, 3.63) is 44.5 Å². The van der Waals surface area contributed by atoms with E-state index in [0.29, 0.717) is 16.5 Å². The Morgan fingerprint density at radius 2 is 2.00 bits per heavy atom. The normalized spacial score (nSPS) is 11.4. The predicted molar refractivity (Wildman–Crippen MR) is 68.4 cm³/mol. The summed E-state index contributed by atoms with van der Waals surface area (Å²) >= 11 is 5.93. The molecule has 1 aromatic carbocycles. The molecule has 1 heterocycles. The Hall–Kier alpha value is -1.35. The third-order valence-electron chi connectivity index (χ3n) is 2.84. The van der Waals surface area contributed by atoms with Crippen molar-refractivity contribution in [1.82, 2.24) is 4.98 Å². The maximum Gasteiger partial charge on any atom is 0.193 e. The van der Waals surface area contributed by atoms with Gasteiger partial charge in [-0.05, 0) is 25.0 Å². The summed E-state index contributed by atoms with van der Waals surface area (Å²) in [6.45, 7) is 5.70. The zero-order valence-corrected chi connectivity index (χ0v) is 10.7. The zero-order chi connectivity index (χ0) is 12.7. The van der Waals surface area contributed by atoms with Crippen LogP contribution in [0.15, 0.2) is 16.9 Å². The lowest BCUT2D eigenvalue weighted by Crippen LogP contribution is -2.15. The molecule has 0 spiro atoms. The molecule has 0 aliphatic heterocycles. The summed E-state index contributed by atoms with van der Waals surface area (Å²) in [6.07, 6.45) is 0. The van der Waals surface area contributed by atoms with Crippen LogP contribution in [0.1, 0.15) is 31.0 Å². The van der Waals surface area contributed by atoms with Crippen LogP contribution in [0.3, 0.4) is 0 Å². The van der Waals surface area contributed by atoms with Gasteiger partial charge in [0, 0.05) is 11.3 Å². The highest BCUT2D eigenvalue weighted by molar-refractivity contribution is 6.35. The van der Waals surface area contributed by atoms with Crippen LogP contribution < -0.4 is 5.43 Å². The van der Waals surface area contributed by atoms with Crippen molar-refractivity contribution in [2.24, 2.45) is 0 Å². The Bertz CT molecular complexity index is 646. The van der Waals surface area contributed by atoms with Crippen LogP contribution in [0.4, 0.5) is 4.39 Å². The second-order valence-electron chi connectivity index (χ2n) is 4.46. The number of aryl methyl sites for hydroxylation is 1. The number of hydrogen-bond acceptors (Lipinski definition) is 1. The van der Waals surface area contributed by atoms with Crippen LogP contribution in [0.2, 0.25) is 5.02 Å². The van der Waals surface area contributed by atoms with Gasteiger partial charge in [-0.25, -0.2) is 4.39 Å². The molecule has 0 fully saturated rings. The minimum atomic E-state index is -0.494. The summed E-state index contributed by atoms with van der Waals surface area (Å²) in [6, 6.07) is 2.43. The molecular formula is C13H13ClFNO. The number of halogens is 2. The van der Waals surface area contributed by atoms with E-state index in [4.69, 9.17) is 11.6 Å². The van der Waals surface area contributed by atoms with Gasteiger partial charge in [0.1, 0.15) is 5.82 Å². The molecule has 0 bridgehead atoms. The molecule has 1 N–H and O–H groups in total. The lowest BCUT2D eigenvalue weighted by atomic mass is 9.99. The number of fused-ring (bicyclic) bond motifs is 1. The van der Waals surface area contributed by atoms with E-state index >= 15 is 0 Å². The monoisotopic (exact) mass is 253 g/mol. The molecule has 0 saturated heterocycles. The molecule has 0 unspecified atom stereocenters. The highest BCUT2D eigenvalue weighted by atomic mass is 35.5. The fraction of sp³-hybridized carbons (Fsp3) is 0.308. The van der Waals surface area contributed by atoms with Crippen molar-refractivity contribution in [2.75, 3.05) is 0 Å². The summed E-state index contributed by atoms with van der Waals surface area (Å²) in [4.78, 5) is 15.3. The lowest BCUT2D eigenvalue weighted by molar-refractivity contribution is 0.629. The van der Waals surface area contributed by atoms with Crippen molar-refractivity contribution >= 4 is 22.5 Å². The molecule has 1 aromatic heterocycles. The molecule has 0 saturated carbocycles. The molecule has 0 aliphatic rings. The second-order valence-corrected chi connectivity index (χ2v) is 4.86. The largest absolute Gasteiger partial charge is 0.357 e. The Morgan fingerprint density at radius 3 is 2.59 bits per heavy atom. The van der Waals surface area contributed by atoms with Gasteiger partial charge in [0.05, 0.1) is 15.9 Å². The molecular weight excluding hydrogens is 241 g/mol. The maximum atomic E-state index is 13.3. The van der Waals surface area contributed by atoms with E-state index in [1.807, 2.05) is 20.8 Å². The molecule has 2 rings (SSSR count). The van der Waals surface area contributed by atoms with E-state index in [0.717, 1.165) is 5.69 Å². The SMILES string of the molecule is Cc1[nH]c2c(Cl)cc(F)cc2c(=O)c1C(C)C. The molecule has 0 atom stereocenters. The van der Waals surface area contributed by atoms with Gasteiger partial charge in [-0.1, -0.05) is 25.4 Å². The zero-order valence-electron chi connectivity index (χ0n) is 9.90. The van der Waals surface area contributed by atoms with E-state index in [1.165, 1.54) is 12.1 Å². The van der Waals surface area contributed by atoms with Crippen LogP contribution in [-0.2, 0) is 0 Å². The summed E-state index contributed by atoms with van der Waals surface area (Å²) < 4.78 is 13.3. The second kappa shape index (κ2) is 4.15. The molecule has 90 valence electrons. The van der Waals surface area contributed by atoms with Gasteiger partial charge in [0.15, 0.2) is 5.43 Å². The Balaban J connectivity index is 2.97. The van der Waals surface area contributed by atoms with Gasteiger partial charge in [-0.3, -0.25) is 4.79 Å². The van der Waals surface area contributed by atoms with E-state index < -0.39 is 5.82 Å². The van der Waals surface area contributed by atoms with E-state index in [-0.39, 0.29) is 16.4 Å². The molecule has 4 heteroatoms. The van der Waals surface area contributed by atoms with Crippen LogP contribution in [0, 0.1) is 12.7 Å². The standard InChI is InChI=1S/C13H13ClFNO/c1-6(2)11-7(3)16-12-9(13(11)17)4-8(15)5-10(12)14/h4-6H,1-3H3,(H,16,17). The molecule has 0 aliphatic carbocycles. The van der Waals surface area contributed by atoms with Crippen molar-refractivity contribution in [1.29, 1.82) is 0 Å². The smallest absolute Gasteiger partial charge is 0.193 e. The molecule has 2 nitrogen and oxygen atoms in total. The minimum Gasteiger partial charge on any atom is -0.357 e. The van der Waals surface area contributed by atoms with Crippen LogP contribution in [-0.4, -0.2) is 4.98 Å². The average molecular weight is 254 g/mol. The van der Waals surface area contributed by atoms with Gasteiger partial charge in [0.2, 0.25) is 0 Å². The Kier molecular flexibility index (Phi) is 2.96. The third-order valence-corrected chi connectivity index (χ3v) is 3.14. The summed E-state index contributed by atoms with van der Waals surface area (Å²) in [7, 11) is 0. The van der Waals surface area contributed by atoms with Crippen molar-refractivity contribution in [3.8, 4) is 0 Å². The third kappa shape index (κ3) is 1.95. The van der Waals surface area contributed by atoms with Crippen molar-refractivity contribution < 1.29 is 4.39 Å².